The second-order valence-corrected chi connectivity index (χ2v) is 4.67. The maximum absolute atomic E-state index is 12.0. The van der Waals surface area contributed by atoms with Gasteiger partial charge in [-0.2, -0.15) is 5.21 Å². The Morgan fingerprint density at radius 1 is 1.14 bits per heavy atom. The van der Waals surface area contributed by atoms with Crippen LogP contribution in [0.3, 0.4) is 0 Å². The van der Waals surface area contributed by atoms with Crippen LogP contribution >= 0.6 is 0 Å². The largest absolute Gasteiger partial charge is 0.367 e. The van der Waals surface area contributed by atoms with Crippen LogP contribution in [0.5, 0.6) is 0 Å². The second-order valence-electron chi connectivity index (χ2n) is 4.67. The van der Waals surface area contributed by atoms with E-state index in [-0.39, 0.29) is 12.2 Å². The average molecular weight is 296 g/mol. The topological polar surface area (TPSA) is 117 Å². The molecule has 0 amide bonds. The van der Waals surface area contributed by atoms with Gasteiger partial charge in [0.05, 0.1) is 0 Å². The molecule has 3 aromatic rings. The van der Waals surface area contributed by atoms with Crippen molar-refractivity contribution in [2.75, 3.05) is 0 Å². The van der Waals surface area contributed by atoms with Gasteiger partial charge in [-0.3, -0.25) is 14.6 Å². The van der Waals surface area contributed by atoms with Crippen LogP contribution in [0, 0.1) is 0 Å². The lowest BCUT2D eigenvalue weighted by Gasteiger charge is -2.02. The highest BCUT2D eigenvalue weighted by atomic mass is 16.2. The molecule has 0 aliphatic rings. The Balaban J connectivity index is 1.72. The van der Waals surface area contributed by atoms with Gasteiger partial charge in [-0.15, -0.1) is 10.2 Å². The number of Topliss-reactive ketones (excluding diaryl/α,β-unsaturated/α-hetero) is 2. The minimum Gasteiger partial charge on any atom is -0.367 e. The van der Waals surface area contributed by atoms with E-state index in [1.807, 2.05) is 18.2 Å². The van der Waals surface area contributed by atoms with Gasteiger partial charge in [-0.25, -0.2) is 0 Å². The molecule has 3 aromatic heterocycles. The molecule has 0 radical (unpaired) electrons. The fourth-order valence-corrected chi connectivity index (χ4v) is 2.09. The number of hydrogen-bond donors (Lipinski definition) is 2. The molecule has 3 rings (SSSR count). The molecule has 3 heterocycles. The number of carbonyl (C=O) groups is 2. The zero-order chi connectivity index (χ0) is 15.4. The Morgan fingerprint density at radius 2 is 2.00 bits per heavy atom. The first-order valence-electron chi connectivity index (χ1n) is 6.59. The van der Waals surface area contributed by atoms with Crippen molar-refractivity contribution < 1.29 is 9.59 Å². The Morgan fingerprint density at radius 3 is 2.73 bits per heavy atom. The number of aromatic amines is 2. The molecule has 0 atom stereocenters. The lowest BCUT2D eigenvalue weighted by Crippen LogP contribution is -2.18. The quantitative estimate of drug-likeness (QED) is 0.505. The van der Waals surface area contributed by atoms with Crippen LogP contribution in [0.15, 0.2) is 36.8 Å². The highest BCUT2D eigenvalue weighted by Gasteiger charge is 2.22. The first-order chi connectivity index (χ1) is 10.7. The molecule has 8 nitrogen and oxygen atoms in total. The van der Waals surface area contributed by atoms with E-state index in [9.17, 15) is 9.59 Å². The Labute approximate surface area is 125 Å². The molecule has 0 saturated heterocycles. The molecule has 0 unspecified atom stereocenters. The summed E-state index contributed by atoms with van der Waals surface area (Å²) in [5.41, 5.74) is 2.57. The highest BCUT2D eigenvalue weighted by Crippen LogP contribution is 2.14. The SMILES string of the molecule is O=C(Cc1c[nH]cc1Cc1ccccn1)C(=O)c1nn[nH]n1. The van der Waals surface area contributed by atoms with Gasteiger partial charge in [0.25, 0.3) is 5.78 Å². The van der Waals surface area contributed by atoms with Gasteiger partial charge in [-0.1, -0.05) is 6.07 Å². The molecule has 0 aliphatic heterocycles. The first kappa shape index (κ1) is 13.8. The van der Waals surface area contributed by atoms with Crippen LogP contribution in [-0.2, 0) is 17.6 Å². The predicted octanol–water partition coefficient (Wildman–Crippen LogP) is 0.508. The molecule has 2 N–H and O–H groups in total. The Kier molecular flexibility index (Phi) is 3.82. The smallest absolute Gasteiger partial charge is 0.269 e. The third kappa shape index (κ3) is 2.95. The molecule has 0 aromatic carbocycles. The molecule has 0 saturated carbocycles. The van der Waals surface area contributed by atoms with Gasteiger partial charge in [-0.05, 0) is 28.5 Å². The van der Waals surface area contributed by atoms with Gasteiger partial charge in [0.1, 0.15) is 0 Å². The molecule has 0 fully saturated rings. The molecule has 110 valence electrons. The number of ketones is 2. The van der Waals surface area contributed by atoms with Crippen LogP contribution in [0.25, 0.3) is 0 Å². The predicted molar refractivity (Wildman–Crippen MR) is 75.1 cm³/mol. The molecule has 0 aliphatic carbocycles. The molecular weight excluding hydrogens is 284 g/mol. The summed E-state index contributed by atoms with van der Waals surface area (Å²) < 4.78 is 0. The van der Waals surface area contributed by atoms with Crippen molar-refractivity contribution in [3.63, 3.8) is 0 Å². The molecule has 0 spiro atoms. The van der Waals surface area contributed by atoms with E-state index in [1.54, 1.807) is 18.6 Å². The summed E-state index contributed by atoms with van der Waals surface area (Å²) in [7, 11) is 0. The summed E-state index contributed by atoms with van der Waals surface area (Å²) in [4.78, 5) is 31.1. The Hall–Kier alpha value is -3.16. The minimum absolute atomic E-state index is 0.0148. The summed E-state index contributed by atoms with van der Waals surface area (Å²) in [5.74, 6) is -1.55. The third-order valence-corrected chi connectivity index (χ3v) is 3.18. The number of hydrogen-bond acceptors (Lipinski definition) is 6. The standard InChI is InChI=1S/C14H12N6O2/c21-12(13(22)14-17-19-20-18-14)6-10-8-15-7-9(10)5-11-3-1-2-4-16-11/h1-4,7-8,15H,5-6H2,(H,17,18,19,20). The number of pyridine rings is 1. The van der Waals surface area contributed by atoms with Crippen LogP contribution in [0.1, 0.15) is 27.4 Å². The molecule has 0 bridgehead atoms. The van der Waals surface area contributed by atoms with Crippen molar-refractivity contribution in [1.82, 2.24) is 30.6 Å². The second kappa shape index (κ2) is 6.08. The van der Waals surface area contributed by atoms with E-state index in [0.29, 0.717) is 6.42 Å². The van der Waals surface area contributed by atoms with Gasteiger partial charge in [0, 0.05) is 37.1 Å². The summed E-state index contributed by atoms with van der Waals surface area (Å²) >= 11 is 0. The lowest BCUT2D eigenvalue weighted by atomic mass is 10.0. The Bertz CT molecular complexity index is 779. The monoisotopic (exact) mass is 296 g/mol. The van der Waals surface area contributed by atoms with E-state index in [2.05, 4.69) is 30.6 Å². The summed E-state index contributed by atoms with van der Waals surface area (Å²) in [5, 5.41) is 12.5. The van der Waals surface area contributed by atoms with Crippen molar-refractivity contribution in [2.45, 2.75) is 12.8 Å². The highest BCUT2D eigenvalue weighted by molar-refractivity contribution is 6.43. The fourth-order valence-electron chi connectivity index (χ4n) is 2.09. The molecular formula is C14H12N6O2. The van der Waals surface area contributed by atoms with Crippen molar-refractivity contribution in [2.24, 2.45) is 0 Å². The van der Waals surface area contributed by atoms with E-state index < -0.39 is 11.6 Å². The van der Waals surface area contributed by atoms with Crippen LogP contribution in [0.4, 0.5) is 0 Å². The van der Waals surface area contributed by atoms with Gasteiger partial charge >= 0.3 is 0 Å². The number of tetrazole rings is 1. The minimum atomic E-state index is -0.751. The fraction of sp³-hybridized carbons (Fsp3) is 0.143. The van der Waals surface area contributed by atoms with Crippen molar-refractivity contribution in [1.29, 1.82) is 0 Å². The van der Waals surface area contributed by atoms with Crippen LogP contribution < -0.4 is 0 Å². The van der Waals surface area contributed by atoms with Crippen molar-refractivity contribution in [3.05, 3.63) is 59.4 Å². The van der Waals surface area contributed by atoms with Gasteiger partial charge < -0.3 is 4.98 Å². The number of carbonyl (C=O) groups excluding carboxylic acids is 2. The zero-order valence-electron chi connectivity index (χ0n) is 11.5. The molecule has 8 heteroatoms. The van der Waals surface area contributed by atoms with E-state index >= 15 is 0 Å². The first-order valence-corrected chi connectivity index (χ1v) is 6.59. The van der Waals surface area contributed by atoms with E-state index in [1.165, 1.54) is 0 Å². The van der Waals surface area contributed by atoms with E-state index in [4.69, 9.17) is 0 Å². The number of rotatable bonds is 6. The number of H-pyrrole nitrogens is 2. The lowest BCUT2D eigenvalue weighted by molar-refractivity contribution is -0.114. The normalized spacial score (nSPS) is 10.5. The number of nitrogens with one attached hydrogen (secondary N) is 2. The summed E-state index contributed by atoms with van der Waals surface area (Å²) in [6.45, 7) is 0. The number of aromatic nitrogens is 6. The van der Waals surface area contributed by atoms with Crippen molar-refractivity contribution in [3.8, 4) is 0 Å². The average Bonchev–Trinajstić information content (AvgIpc) is 3.20. The molecule has 22 heavy (non-hydrogen) atoms. The third-order valence-electron chi connectivity index (χ3n) is 3.18. The maximum atomic E-state index is 12.0. The number of nitrogens with zero attached hydrogens (tertiary/aromatic N) is 4. The van der Waals surface area contributed by atoms with Gasteiger partial charge in [0.15, 0.2) is 0 Å². The zero-order valence-corrected chi connectivity index (χ0v) is 11.5. The van der Waals surface area contributed by atoms with Crippen LogP contribution in [-0.4, -0.2) is 42.2 Å². The van der Waals surface area contributed by atoms with Crippen molar-refractivity contribution >= 4 is 11.6 Å². The van der Waals surface area contributed by atoms with Gasteiger partial charge in [0.2, 0.25) is 11.6 Å². The van der Waals surface area contributed by atoms with E-state index in [0.717, 1.165) is 16.8 Å². The maximum Gasteiger partial charge on any atom is 0.269 e. The summed E-state index contributed by atoms with van der Waals surface area (Å²) in [6, 6.07) is 5.65. The summed E-state index contributed by atoms with van der Waals surface area (Å²) in [6.07, 6.45) is 5.80. The van der Waals surface area contributed by atoms with Crippen LogP contribution in [0.2, 0.25) is 0 Å².